The van der Waals surface area contributed by atoms with E-state index >= 15 is 0 Å². The zero-order valence-electron chi connectivity index (χ0n) is 19.4. The van der Waals surface area contributed by atoms with E-state index in [1.165, 1.54) is 12.1 Å². The van der Waals surface area contributed by atoms with Crippen molar-refractivity contribution in [1.82, 2.24) is 0 Å². The number of nitro benzene ring substituents is 1. The zero-order valence-corrected chi connectivity index (χ0v) is 20.2. The molecule has 11 heteroatoms. The number of aliphatic carboxylic acids is 1. The first-order valence-corrected chi connectivity index (χ1v) is 12.4. The Bertz CT molecular complexity index is 1270. The molecule has 0 spiro atoms. The number of hydrogen-bond acceptors (Lipinski definition) is 8. The molecule has 1 atom stereocenters. The van der Waals surface area contributed by atoms with Crippen molar-refractivity contribution < 1.29 is 36.9 Å². The number of nitrogens with zero attached hydrogens (tertiary/aromatic N) is 1. The molecule has 3 aromatic rings. The number of ether oxygens (including phenoxy) is 2. The van der Waals surface area contributed by atoms with Crippen LogP contribution < -0.4 is 8.92 Å². The molecule has 1 unspecified atom stereocenters. The first-order chi connectivity index (χ1) is 17.2. The number of nitro groups is 1. The Morgan fingerprint density at radius 3 is 2.08 bits per heavy atom. The molecule has 3 rings (SSSR count). The van der Waals surface area contributed by atoms with Crippen LogP contribution in [-0.2, 0) is 32.5 Å². The zero-order chi connectivity index (χ0) is 26.1. The van der Waals surface area contributed by atoms with Gasteiger partial charge in [-0.15, -0.1) is 0 Å². The van der Waals surface area contributed by atoms with Gasteiger partial charge >= 0.3 is 16.1 Å². The van der Waals surface area contributed by atoms with E-state index in [1.54, 1.807) is 43.3 Å². The maximum absolute atomic E-state index is 12.4. The summed E-state index contributed by atoms with van der Waals surface area (Å²) in [7, 11) is -4.13. The van der Waals surface area contributed by atoms with E-state index in [4.69, 9.17) is 13.7 Å². The molecule has 10 nitrogen and oxygen atoms in total. The summed E-state index contributed by atoms with van der Waals surface area (Å²) in [5.41, 5.74) is 1.50. The van der Waals surface area contributed by atoms with Crippen LogP contribution in [-0.4, -0.2) is 43.7 Å². The van der Waals surface area contributed by atoms with Crippen molar-refractivity contribution in [2.75, 3.05) is 13.2 Å². The SMILES string of the molecule is CCOC(Cc1ccc(OCCc2ccc(OS(=O)(=O)c3ccc([N+](=O)[O-])cc3)cc2)cc1)C(=O)O. The second kappa shape index (κ2) is 12.1. The maximum atomic E-state index is 12.4. The molecular formula is C25H25NO9S. The van der Waals surface area contributed by atoms with Crippen molar-refractivity contribution >= 4 is 21.8 Å². The van der Waals surface area contributed by atoms with Crippen LogP contribution in [0.1, 0.15) is 18.1 Å². The van der Waals surface area contributed by atoms with Crippen molar-refractivity contribution in [1.29, 1.82) is 0 Å². The third-order valence-electron chi connectivity index (χ3n) is 5.11. The highest BCUT2D eigenvalue weighted by atomic mass is 32.2. The van der Waals surface area contributed by atoms with Gasteiger partial charge in [0.05, 0.1) is 11.5 Å². The van der Waals surface area contributed by atoms with E-state index in [9.17, 15) is 28.4 Å². The average molecular weight is 516 g/mol. The summed E-state index contributed by atoms with van der Waals surface area (Å²) in [6, 6.07) is 18.0. The topological polar surface area (TPSA) is 142 Å². The third-order valence-corrected chi connectivity index (χ3v) is 6.37. The van der Waals surface area contributed by atoms with Crippen LogP contribution in [0.15, 0.2) is 77.7 Å². The Labute approximate surface area is 208 Å². The summed E-state index contributed by atoms with van der Waals surface area (Å²) in [6.45, 7) is 2.44. The highest BCUT2D eigenvalue weighted by Gasteiger charge is 2.19. The lowest BCUT2D eigenvalue weighted by Gasteiger charge is -2.13. The number of carboxylic acids is 1. The van der Waals surface area contributed by atoms with Gasteiger partial charge in [-0.2, -0.15) is 8.42 Å². The van der Waals surface area contributed by atoms with Gasteiger partial charge in [0, 0.05) is 31.6 Å². The number of non-ortho nitro benzene ring substituents is 1. The first-order valence-electron chi connectivity index (χ1n) is 11.0. The molecule has 0 aliphatic carbocycles. The molecule has 0 aromatic heterocycles. The molecule has 0 radical (unpaired) electrons. The number of benzene rings is 3. The van der Waals surface area contributed by atoms with E-state index < -0.39 is 27.1 Å². The fourth-order valence-corrected chi connectivity index (χ4v) is 4.19. The van der Waals surface area contributed by atoms with Crippen molar-refractivity contribution in [3.8, 4) is 11.5 Å². The van der Waals surface area contributed by atoms with Gasteiger partial charge in [0.25, 0.3) is 5.69 Å². The summed E-state index contributed by atoms with van der Waals surface area (Å²) in [6.07, 6.45) is -0.0711. The van der Waals surface area contributed by atoms with E-state index in [1.807, 2.05) is 0 Å². The Kier molecular flexibility index (Phi) is 8.98. The largest absolute Gasteiger partial charge is 0.493 e. The fraction of sp³-hybridized carbons (Fsp3) is 0.240. The molecule has 3 aromatic carbocycles. The Hall–Kier alpha value is -3.96. The van der Waals surface area contributed by atoms with Crippen molar-refractivity contribution in [2.24, 2.45) is 0 Å². The van der Waals surface area contributed by atoms with E-state index in [0.29, 0.717) is 25.4 Å². The van der Waals surface area contributed by atoms with Crippen LogP contribution in [0.5, 0.6) is 11.5 Å². The van der Waals surface area contributed by atoms with Gasteiger partial charge in [0.1, 0.15) is 16.4 Å². The van der Waals surface area contributed by atoms with Crippen molar-refractivity contribution in [3.05, 3.63) is 94.0 Å². The monoisotopic (exact) mass is 515 g/mol. The Morgan fingerprint density at radius 1 is 0.944 bits per heavy atom. The van der Waals surface area contributed by atoms with Crippen LogP contribution in [0.25, 0.3) is 0 Å². The Balaban J connectivity index is 1.50. The van der Waals surface area contributed by atoms with Gasteiger partial charge in [-0.05, 0) is 54.4 Å². The second-order valence-electron chi connectivity index (χ2n) is 7.66. The van der Waals surface area contributed by atoms with Crippen LogP contribution in [0.2, 0.25) is 0 Å². The number of rotatable bonds is 13. The van der Waals surface area contributed by atoms with Crippen LogP contribution in [0, 0.1) is 10.1 Å². The minimum Gasteiger partial charge on any atom is -0.493 e. The molecular weight excluding hydrogens is 490 g/mol. The highest BCUT2D eigenvalue weighted by molar-refractivity contribution is 7.87. The summed E-state index contributed by atoms with van der Waals surface area (Å²) >= 11 is 0. The smallest absolute Gasteiger partial charge is 0.339 e. The molecule has 36 heavy (non-hydrogen) atoms. The summed E-state index contributed by atoms with van der Waals surface area (Å²) in [4.78, 5) is 21.1. The predicted molar refractivity (Wildman–Crippen MR) is 130 cm³/mol. The summed E-state index contributed by atoms with van der Waals surface area (Å²) in [5, 5.41) is 19.9. The van der Waals surface area contributed by atoms with Crippen LogP contribution in [0.3, 0.4) is 0 Å². The first kappa shape index (κ1) is 26.6. The van der Waals surface area contributed by atoms with E-state index in [0.717, 1.165) is 35.4 Å². The normalized spacial score (nSPS) is 12.0. The van der Waals surface area contributed by atoms with Crippen molar-refractivity contribution in [2.45, 2.75) is 30.8 Å². The lowest BCUT2D eigenvalue weighted by atomic mass is 10.1. The standard InChI is InChI=1S/C25H25NO9S/c1-2-33-24(25(27)28)17-19-5-9-21(10-6-19)34-16-15-18-3-11-22(12-4-18)35-36(31,32)23-13-7-20(8-14-23)26(29)30/h3-14,24H,2,15-17H2,1H3,(H,27,28). The van der Waals surface area contributed by atoms with Gasteiger partial charge in [0.15, 0.2) is 6.10 Å². The molecule has 0 bridgehead atoms. The van der Waals surface area contributed by atoms with Gasteiger partial charge in [-0.3, -0.25) is 10.1 Å². The lowest BCUT2D eigenvalue weighted by molar-refractivity contribution is -0.384. The van der Waals surface area contributed by atoms with Crippen molar-refractivity contribution in [3.63, 3.8) is 0 Å². The number of carboxylic acid groups (broad SMARTS) is 1. The molecule has 0 fully saturated rings. The number of hydrogen-bond donors (Lipinski definition) is 1. The molecule has 0 aliphatic heterocycles. The second-order valence-corrected chi connectivity index (χ2v) is 9.21. The average Bonchev–Trinajstić information content (AvgIpc) is 2.85. The highest BCUT2D eigenvalue weighted by Crippen LogP contribution is 2.22. The Morgan fingerprint density at radius 2 is 1.53 bits per heavy atom. The molecule has 190 valence electrons. The summed E-state index contributed by atoms with van der Waals surface area (Å²) < 4.78 is 40.9. The quantitative estimate of drug-likeness (QED) is 0.203. The maximum Gasteiger partial charge on any atom is 0.339 e. The molecule has 0 saturated carbocycles. The van der Waals surface area contributed by atoms with Gasteiger partial charge in [-0.1, -0.05) is 24.3 Å². The van der Waals surface area contributed by atoms with Gasteiger partial charge < -0.3 is 18.8 Å². The van der Waals surface area contributed by atoms with E-state index in [-0.39, 0.29) is 22.8 Å². The van der Waals surface area contributed by atoms with Gasteiger partial charge in [-0.25, -0.2) is 4.79 Å². The molecule has 1 N–H and O–H groups in total. The van der Waals surface area contributed by atoms with Crippen LogP contribution >= 0.6 is 0 Å². The molecule has 0 saturated heterocycles. The van der Waals surface area contributed by atoms with Crippen LogP contribution in [0.4, 0.5) is 5.69 Å². The summed E-state index contributed by atoms with van der Waals surface area (Å²) in [5.74, 6) is -0.256. The molecule has 0 amide bonds. The van der Waals surface area contributed by atoms with E-state index in [2.05, 4.69) is 0 Å². The lowest BCUT2D eigenvalue weighted by Crippen LogP contribution is -2.26. The number of carbonyl (C=O) groups is 1. The minimum absolute atomic E-state index is 0.111. The molecule has 0 heterocycles. The minimum atomic E-state index is -4.13. The fourth-order valence-electron chi connectivity index (χ4n) is 3.26. The third kappa shape index (κ3) is 7.52. The predicted octanol–water partition coefficient (Wildman–Crippen LogP) is 4.02. The molecule has 0 aliphatic rings. The van der Waals surface area contributed by atoms with Gasteiger partial charge in [0.2, 0.25) is 0 Å².